The zero-order valence-electron chi connectivity index (χ0n) is 14.4. The monoisotopic (exact) mass is 341 g/mol. The maximum atomic E-state index is 13.5. The molecule has 1 aromatic heterocycles. The van der Waals surface area contributed by atoms with E-state index in [0.717, 1.165) is 17.7 Å². The number of hydrogen-bond donors (Lipinski definition) is 3. The Hall–Kier alpha value is -2.89. The van der Waals surface area contributed by atoms with E-state index in [-0.39, 0.29) is 11.8 Å². The highest BCUT2D eigenvalue weighted by Gasteiger charge is 2.26. The van der Waals surface area contributed by atoms with Crippen molar-refractivity contribution in [1.29, 1.82) is 0 Å². The second-order valence-corrected chi connectivity index (χ2v) is 6.12. The maximum absolute atomic E-state index is 13.5. The summed E-state index contributed by atoms with van der Waals surface area (Å²) in [4.78, 5) is 27.7. The van der Waals surface area contributed by atoms with Crippen LogP contribution in [0, 0.1) is 19.7 Å². The average Bonchev–Trinajstić information content (AvgIpc) is 3.02. The SMILES string of the molecule is CCCNC(=O)c1c(C)[nH]c(C=C2C(=O)Nc3ccc(F)cc32)c1C. The normalized spacial score (nSPS) is 14.6. The summed E-state index contributed by atoms with van der Waals surface area (Å²) >= 11 is 0. The van der Waals surface area contributed by atoms with Crippen molar-refractivity contribution < 1.29 is 14.0 Å². The van der Waals surface area contributed by atoms with Crippen molar-refractivity contribution in [2.24, 2.45) is 0 Å². The van der Waals surface area contributed by atoms with Gasteiger partial charge in [-0.15, -0.1) is 0 Å². The highest BCUT2D eigenvalue weighted by Crippen LogP contribution is 2.34. The van der Waals surface area contributed by atoms with Gasteiger partial charge in [-0.3, -0.25) is 9.59 Å². The van der Waals surface area contributed by atoms with Gasteiger partial charge in [0.25, 0.3) is 11.8 Å². The molecule has 0 spiro atoms. The van der Waals surface area contributed by atoms with Crippen LogP contribution in [0.4, 0.5) is 10.1 Å². The number of benzene rings is 1. The molecule has 0 aliphatic carbocycles. The quantitative estimate of drug-likeness (QED) is 0.746. The number of aryl methyl sites for hydroxylation is 1. The molecule has 0 unspecified atom stereocenters. The van der Waals surface area contributed by atoms with Crippen LogP contribution in [0.2, 0.25) is 0 Å². The Morgan fingerprint density at radius 2 is 2.08 bits per heavy atom. The van der Waals surface area contributed by atoms with Crippen molar-refractivity contribution in [2.75, 3.05) is 11.9 Å². The van der Waals surface area contributed by atoms with E-state index in [1.807, 2.05) is 20.8 Å². The van der Waals surface area contributed by atoms with Crippen molar-refractivity contribution in [3.63, 3.8) is 0 Å². The number of nitrogens with one attached hydrogen (secondary N) is 3. The molecule has 3 rings (SSSR count). The zero-order valence-corrected chi connectivity index (χ0v) is 14.4. The van der Waals surface area contributed by atoms with E-state index in [0.29, 0.717) is 34.6 Å². The first-order valence-corrected chi connectivity index (χ1v) is 8.22. The van der Waals surface area contributed by atoms with Gasteiger partial charge in [0.15, 0.2) is 0 Å². The lowest BCUT2D eigenvalue weighted by Gasteiger charge is -2.04. The third-order valence-corrected chi connectivity index (χ3v) is 4.29. The van der Waals surface area contributed by atoms with Crippen molar-refractivity contribution in [2.45, 2.75) is 27.2 Å². The lowest BCUT2D eigenvalue weighted by Crippen LogP contribution is -2.24. The van der Waals surface area contributed by atoms with E-state index in [1.165, 1.54) is 12.1 Å². The predicted octanol–water partition coefficient (Wildman–Crippen LogP) is 3.40. The van der Waals surface area contributed by atoms with Gasteiger partial charge in [0.2, 0.25) is 0 Å². The number of halogens is 1. The molecule has 0 radical (unpaired) electrons. The van der Waals surface area contributed by atoms with E-state index in [9.17, 15) is 14.0 Å². The van der Waals surface area contributed by atoms with Gasteiger partial charge in [0.05, 0.1) is 11.1 Å². The molecule has 3 N–H and O–H groups in total. The molecule has 1 aliphatic heterocycles. The summed E-state index contributed by atoms with van der Waals surface area (Å²) in [7, 11) is 0. The van der Waals surface area contributed by atoms with Gasteiger partial charge in [0.1, 0.15) is 5.82 Å². The molecule has 2 heterocycles. The fraction of sp³-hybridized carbons (Fsp3) is 0.263. The Kier molecular flexibility index (Phi) is 4.44. The summed E-state index contributed by atoms with van der Waals surface area (Å²) in [6.07, 6.45) is 2.52. The predicted molar refractivity (Wildman–Crippen MR) is 95.8 cm³/mol. The highest BCUT2D eigenvalue weighted by atomic mass is 19.1. The van der Waals surface area contributed by atoms with Gasteiger partial charge in [-0.05, 0) is 50.1 Å². The minimum atomic E-state index is -0.403. The average molecular weight is 341 g/mol. The number of anilines is 1. The van der Waals surface area contributed by atoms with Gasteiger partial charge in [0, 0.05) is 29.2 Å². The van der Waals surface area contributed by atoms with Crippen LogP contribution in [0.25, 0.3) is 11.6 Å². The summed E-state index contributed by atoms with van der Waals surface area (Å²) in [5.41, 5.74) is 4.22. The number of aromatic nitrogens is 1. The van der Waals surface area contributed by atoms with Gasteiger partial charge >= 0.3 is 0 Å². The van der Waals surface area contributed by atoms with E-state index in [2.05, 4.69) is 15.6 Å². The Bertz CT molecular complexity index is 896. The third kappa shape index (κ3) is 3.07. The minimum Gasteiger partial charge on any atom is -0.358 e. The van der Waals surface area contributed by atoms with Crippen LogP contribution >= 0.6 is 0 Å². The van der Waals surface area contributed by atoms with E-state index in [4.69, 9.17) is 0 Å². The Morgan fingerprint density at radius 1 is 1.32 bits per heavy atom. The number of H-pyrrole nitrogens is 1. The molecule has 0 atom stereocenters. The summed E-state index contributed by atoms with van der Waals surface area (Å²) in [5, 5.41) is 5.58. The molecular weight excluding hydrogens is 321 g/mol. The van der Waals surface area contributed by atoms with E-state index in [1.54, 1.807) is 12.1 Å². The number of carbonyl (C=O) groups excluding carboxylic acids is 2. The van der Waals surface area contributed by atoms with E-state index < -0.39 is 5.82 Å². The molecular formula is C19H20FN3O2. The standard InChI is InChI=1S/C19H20FN3O2/c1-4-7-21-19(25)17-10(2)16(22-11(17)3)9-14-13-8-12(20)5-6-15(13)23-18(14)24/h5-6,8-9,22H,4,7H2,1-3H3,(H,21,25)(H,23,24). The number of carbonyl (C=O) groups is 2. The number of rotatable bonds is 4. The minimum absolute atomic E-state index is 0.139. The van der Waals surface area contributed by atoms with Crippen molar-refractivity contribution >= 4 is 29.2 Å². The first kappa shape index (κ1) is 17.0. The number of amides is 2. The fourth-order valence-corrected chi connectivity index (χ4v) is 3.03. The van der Waals surface area contributed by atoms with Crippen LogP contribution in [0.1, 0.15) is 46.2 Å². The summed E-state index contributed by atoms with van der Waals surface area (Å²) in [6.45, 7) is 6.24. The van der Waals surface area contributed by atoms with Gasteiger partial charge in [-0.2, -0.15) is 0 Å². The van der Waals surface area contributed by atoms with Crippen molar-refractivity contribution in [3.05, 3.63) is 52.1 Å². The topological polar surface area (TPSA) is 74.0 Å². The first-order valence-electron chi connectivity index (χ1n) is 8.22. The molecule has 5 nitrogen and oxygen atoms in total. The highest BCUT2D eigenvalue weighted by molar-refractivity contribution is 6.34. The zero-order chi connectivity index (χ0) is 18.1. The summed E-state index contributed by atoms with van der Waals surface area (Å²) in [6, 6.07) is 4.18. The molecule has 0 saturated carbocycles. The second kappa shape index (κ2) is 6.55. The van der Waals surface area contributed by atoms with Crippen LogP contribution in [0.5, 0.6) is 0 Å². The number of hydrogen-bond acceptors (Lipinski definition) is 2. The van der Waals surface area contributed by atoms with Crippen molar-refractivity contribution in [3.8, 4) is 0 Å². The lowest BCUT2D eigenvalue weighted by molar-refractivity contribution is -0.110. The van der Waals surface area contributed by atoms with Gasteiger partial charge < -0.3 is 15.6 Å². The molecule has 0 bridgehead atoms. The molecule has 2 aromatic rings. The fourth-order valence-electron chi connectivity index (χ4n) is 3.03. The number of fused-ring (bicyclic) bond motifs is 1. The molecule has 0 saturated heterocycles. The Morgan fingerprint density at radius 3 is 2.80 bits per heavy atom. The third-order valence-electron chi connectivity index (χ3n) is 4.29. The van der Waals surface area contributed by atoms with Crippen LogP contribution in [0.15, 0.2) is 18.2 Å². The molecule has 2 amide bonds. The maximum Gasteiger partial charge on any atom is 0.256 e. The van der Waals surface area contributed by atoms with Crippen LogP contribution < -0.4 is 10.6 Å². The Labute approximate surface area is 145 Å². The molecule has 0 fully saturated rings. The van der Waals surface area contributed by atoms with Crippen LogP contribution in [-0.2, 0) is 4.79 Å². The van der Waals surface area contributed by atoms with Crippen molar-refractivity contribution in [1.82, 2.24) is 10.3 Å². The Balaban J connectivity index is 2.02. The molecule has 1 aliphatic rings. The summed E-state index contributed by atoms with van der Waals surface area (Å²) < 4.78 is 13.5. The van der Waals surface area contributed by atoms with Crippen LogP contribution in [0.3, 0.4) is 0 Å². The van der Waals surface area contributed by atoms with Gasteiger partial charge in [-0.25, -0.2) is 4.39 Å². The molecule has 1 aromatic carbocycles. The second-order valence-electron chi connectivity index (χ2n) is 6.12. The lowest BCUT2D eigenvalue weighted by atomic mass is 10.0. The first-order chi connectivity index (χ1) is 11.9. The summed E-state index contributed by atoms with van der Waals surface area (Å²) in [5.74, 6) is -0.829. The molecule has 6 heteroatoms. The molecule has 25 heavy (non-hydrogen) atoms. The number of aromatic amines is 1. The van der Waals surface area contributed by atoms with E-state index >= 15 is 0 Å². The van der Waals surface area contributed by atoms with Crippen LogP contribution in [-0.4, -0.2) is 23.3 Å². The molecule has 130 valence electrons. The van der Waals surface area contributed by atoms with Gasteiger partial charge in [-0.1, -0.05) is 6.92 Å². The largest absolute Gasteiger partial charge is 0.358 e. The smallest absolute Gasteiger partial charge is 0.256 e.